The van der Waals surface area contributed by atoms with Crippen LogP contribution in [-0.2, 0) is 6.54 Å². The van der Waals surface area contributed by atoms with Crippen LogP contribution in [0.1, 0.15) is 11.3 Å². The van der Waals surface area contributed by atoms with Gasteiger partial charge in [0.25, 0.3) is 0 Å². The van der Waals surface area contributed by atoms with Crippen molar-refractivity contribution >= 4 is 0 Å². The summed E-state index contributed by atoms with van der Waals surface area (Å²) in [6.45, 7) is 2.40. The lowest BCUT2D eigenvalue weighted by molar-refractivity contribution is 0.459. The number of aryl methyl sites for hydroxylation is 1. The molecule has 2 aromatic rings. The van der Waals surface area contributed by atoms with Crippen LogP contribution in [0, 0.1) is 6.92 Å². The Morgan fingerprint density at radius 3 is 2.75 bits per heavy atom. The van der Waals surface area contributed by atoms with Crippen molar-refractivity contribution in [3.8, 4) is 11.6 Å². The van der Waals surface area contributed by atoms with Crippen LogP contribution in [0.25, 0.3) is 0 Å². The largest absolute Gasteiger partial charge is 0.437 e. The van der Waals surface area contributed by atoms with Crippen LogP contribution in [0.15, 0.2) is 36.7 Å². The molecule has 4 heteroatoms. The molecule has 0 radical (unpaired) electrons. The number of hydrogen-bond acceptors (Lipinski definition) is 4. The maximum absolute atomic E-state index is 5.54. The minimum atomic E-state index is 0.387. The number of nitrogens with zero attached hydrogens (tertiary/aromatic N) is 2. The van der Waals surface area contributed by atoms with E-state index in [2.05, 4.69) is 9.97 Å². The maximum Gasteiger partial charge on any atom is 0.237 e. The molecule has 2 rings (SSSR count). The molecule has 2 N–H and O–H groups in total. The van der Waals surface area contributed by atoms with Crippen molar-refractivity contribution in [1.82, 2.24) is 9.97 Å². The highest BCUT2D eigenvalue weighted by Crippen LogP contribution is 2.19. The third-order valence-electron chi connectivity index (χ3n) is 2.10. The van der Waals surface area contributed by atoms with E-state index in [1.165, 1.54) is 0 Å². The van der Waals surface area contributed by atoms with Crippen molar-refractivity contribution in [3.63, 3.8) is 0 Å². The number of nitrogens with two attached hydrogens (primary N) is 1. The first kappa shape index (κ1) is 10.6. The van der Waals surface area contributed by atoms with Gasteiger partial charge in [-0.05, 0) is 24.6 Å². The summed E-state index contributed by atoms with van der Waals surface area (Å²) in [5.41, 5.74) is 7.32. The Bertz CT molecular complexity index is 468. The van der Waals surface area contributed by atoms with Crippen LogP contribution in [-0.4, -0.2) is 9.97 Å². The lowest BCUT2D eigenvalue weighted by atomic mass is 10.2. The SMILES string of the molecule is Cc1cccc(Oc2cnc(CN)cn2)c1. The van der Waals surface area contributed by atoms with E-state index in [1.54, 1.807) is 12.4 Å². The summed E-state index contributed by atoms with van der Waals surface area (Å²) in [6, 6.07) is 7.77. The number of ether oxygens (including phenoxy) is 1. The van der Waals surface area contributed by atoms with Gasteiger partial charge in [-0.15, -0.1) is 0 Å². The average Bonchev–Trinajstić information content (AvgIpc) is 2.30. The van der Waals surface area contributed by atoms with Gasteiger partial charge in [-0.3, -0.25) is 4.98 Å². The van der Waals surface area contributed by atoms with Crippen LogP contribution in [0.5, 0.6) is 11.6 Å². The van der Waals surface area contributed by atoms with E-state index in [-0.39, 0.29) is 0 Å². The fourth-order valence-electron chi connectivity index (χ4n) is 1.30. The summed E-state index contributed by atoms with van der Waals surface area (Å²) < 4.78 is 5.54. The van der Waals surface area contributed by atoms with E-state index in [0.717, 1.165) is 17.0 Å². The Balaban J connectivity index is 2.14. The Morgan fingerprint density at radius 2 is 2.12 bits per heavy atom. The standard InChI is InChI=1S/C12H13N3O/c1-9-3-2-4-11(5-9)16-12-8-14-10(6-13)7-15-12/h2-5,7-8H,6,13H2,1H3. The van der Waals surface area contributed by atoms with Gasteiger partial charge in [0.15, 0.2) is 0 Å². The van der Waals surface area contributed by atoms with Crippen LogP contribution in [0.2, 0.25) is 0 Å². The highest BCUT2D eigenvalue weighted by atomic mass is 16.5. The van der Waals surface area contributed by atoms with Crippen molar-refractivity contribution in [2.45, 2.75) is 13.5 Å². The van der Waals surface area contributed by atoms with Crippen LogP contribution < -0.4 is 10.5 Å². The molecule has 0 bridgehead atoms. The van der Waals surface area contributed by atoms with Gasteiger partial charge in [0.2, 0.25) is 5.88 Å². The van der Waals surface area contributed by atoms with Crippen molar-refractivity contribution in [1.29, 1.82) is 0 Å². The van der Waals surface area contributed by atoms with Crippen LogP contribution in [0.4, 0.5) is 0 Å². The average molecular weight is 215 g/mol. The zero-order valence-corrected chi connectivity index (χ0v) is 9.05. The summed E-state index contributed by atoms with van der Waals surface area (Å²) >= 11 is 0. The first-order valence-corrected chi connectivity index (χ1v) is 5.03. The minimum absolute atomic E-state index is 0.387. The zero-order chi connectivity index (χ0) is 11.4. The molecule has 82 valence electrons. The van der Waals surface area contributed by atoms with E-state index in [0.29, 0.717) is 12.4 Å². The molecule has 0 spiro atoms. The van der Waals surface area contributed by atoms with E-state index in [9.17, 15) is 0 Å². The molecule has 0 atom stereocenters. The molecule has 4 nitrogen and oxygen atoms in total. The third kappa shape index (κ3) is 2.55. The van der Waals surface area contributed by atoms with Gasteiger partial charge < -0.3 is 10.5 Å². The number of rotatable bonds is 3. The smallest absolute Gasteiger partial charge is 0.237 e. The molecule has 1 aromatic heterocycles. The second-order valence-electron chi connectivity index (χ2n) is 3.47. The third-order valence-corrected chi connectivity index (χ3v) is 2.10. The van der Waals surface area contributed by atoms with Crippen molar-refractivity contribution in [2.75, 3.05) is 0 Å². The predicted molar refractivity (Wildman–Crippen MR) is 61.2 cm³/mol. The molecule has 1 aromatic carbocycles. The highest BCUT2D eigenvalue weighted by molar-refractivity contribution is 5.30. The molecule has 0 aliphatic heterocycles. The van der Waals surface area contributed by atoms with Crippen molar-refractivity contribution in [3.05, 3.63) is 47.9 Å². The van der Waals surface area contributed by atoms with Crippen LogP contribution >= 0.6 is 0 Å². The van der Waals surface area contributed by atoms with Crippen LogP contribution in [0.3, 0.4) is 0 Å². The summed E-state index contributed by atoms with van der Waals surface area (Å²) in [5.74, 6) is 1.23. The highest BCUT2D eigenvalue weighted by Gasteiger charge is 1.99. The van der Waals surface area contributed by atoms with Gasteiger partial charge in [-0.25, -0.2) is 4.98 Å². The van der Waals surface area contributed by atoms with Gasteiger partial charge in [0.1, 0.15) is 5.75 Å². The van der Waals surface area contributed by atoms with E-state index < -0.39 is 0 Å². The lowest BCUT2D eigenvalue weighted by Crippen LogP contribution is -2.00. The molecule has 0 saturated heterocycles. The lowest BCUT2D eigenvalue weighted by Gasteiger charge is -2.05. The van der Waals surface area contributed by atoms with Gasteiger partial charge in [0.05, 0.1) is 18.1 Å². The summed E-state index contributed by atoms with van der Waals surface area (Å²) in [7, 11) is 0. The quantitative estimate of drug-likeness (QED) is 0.851. The summed E-state index contributed by atoms with van der Waals surface area (Å²) in [6.07, 6.45) is 3.19. The minimum Gasteiger partial charge on any atom is -0.437 e. The van der Waals surface area contributed by atoms with E-state index in [4.69, 9.17) is 10.5 Å². The molecule has 16 heavy (non-hydrogen) atoms. The fraction of sp³-hybridized carbons (Fsp3) is 0.167. The Labute approximate surface area is 94.1 Å². The molecule has 0 aliphatic carbocycles. The molecule has 0 saturated carbocycles. The second-order valence-corrected chi connectivity index (χ2v) is 3.47. The normalized spacial score (nSPS) is 10.1. The van der Waals surface area contributed by atoms with E-state index >= 15 is 0 Å². The van der Waals surface area contributed by atoms with Gasteiger partial charge in [0, 0.05) is 6.54 Å². The first-order chi connectivity index (χ1) is 7.78. The Morgan fingerprint density at radius 1 is 1.25 bits per heavy atom. The molecular weight excluding hydrogens is 202 g/mol. The monoisotopic (exact) mass is 215 g/mol. The fourth-order valence-corrected chi connectivity index (χ4v) is 1.30. The maximum atomic E-state index is 5.54. The molecular formula is C12H13N3O. The van der Waals surface area contributed by atoms with Gasteiger partial charge in [-0.2, -0.15) is 0 Å². The molecule has 0 unspecified atom stereocenters. The van der Waals surface area contributed by atoms with Gasteiger partial charge >= 0.3 is 0 Å². The Hall–Kier alpha value is -1.94. The topological polar surface area (TPSA) is 61.0 Å². The molecule has 0 fully saturated rings. The zero-order valence-electron chi connectivity index (χ0n) is 9.05. The summed E-state index contributed by atoms with van der Waals surface area (Å²) in [5, 5.41) is 0. The first-order valence-electron chi connectivity index (χ1n) is 5.03. The number of benzene rings is 1. The number of hydrogen-bond donors (Lipinski definition) is 1. The Kier molecular flexibility index (Phi) is 3.12. The van der Waals surface area contributed by atoms with Crippen molar-refractivity contribution in [2.24, 2.45) is 5.73 Å². The van der Waals surface area contributed by atoms with E-state index in [1.807, 2.05) is 31.2 Å². The van der Waals surface area contributed by atoms with Gasteiger partial charge in [-0.1, -0.05) is 12.1 Å². The van der Waals surface area contributed by atoms with Crippen molar-refractivity contribution < 1.29 is 4.74 Å². The summed E-state index contributed by atoms with van der Waals surface area (Å²) in [4.78, 5) is 8.21. The number of aromatic nitrogens is 2. The molecule has 1 heterocycles. The predicted octanol–water partition coefficient (Wildman–Crippen LogP) is 2.04. The molecule has 0 amide bonds. The second kappa shape index (κ2) is 4.72. The molecule has 0 aliphatic rings.